The molecule has 9 heteroatoms. The number of pyridine rings is 1. The van der Waals surface area contributed by atoms with Gasteiger partial charge in [-0.15, -0.1) is 11.3 Å². The minimum Gasteiger partial charge on any atom is -0.454 e. The maximum Gasteiger partial charge on any atom is 0.183 e. The number of nitrogens with one attached hydrogen (secondary N) is 1. The highest BCUT2D eigenvalue weighted by atomic mass is 35.5. The first kappa shape index (κ1) is 16.9. The molecule has 0 bridgehead atoms. The summed E-state index contributed by atoms with van der Waals surface area (Å²) in [7, 11) is 0. The zero-order valence-corrected chi connectivity index (χ0v) is 14.2. The standard InChI is InChI=1S/C15H9Cl2F2N3OS/c16-14-3-8(1-2-20-14)23-13-5-10(18)12(4-11(13)19)21-6-9-7-22-15(17)24-9/h1-5,7,21H,6H2. The molecule has 1 N–H and O–H groups in total. The molecule has 0 radical (unpaired) electrons. The SMILES string of the molecule is Fc1cc(Oc2ccnc(Cl)c2)c(F)cc1NCc1cnc(Cl)s1. The van der Waals surface area contributed by atoms with Crippen molar-refractivity contribution in [2.24, 2.45) is 0 Å². The van der Waals surface area contributed by atoms with Gasteiger partial charge in [0.1, 0.15) is 16.7 Å². The Morgan fingerprint density at radius 1 is 1.12 bits per heavy atom. The third kappa shape index (κ3) is 4.11. The van der Waals surface area contributed by atoms with E-state index in [1.165, 1.54) is 29.7 Å². The summed E-state index contributed by atoms with van der Waals surface area (Å²) >= 11 is 12.7. The number of hydrogen-bond acceptors (Lipinski definition) is 5. The molecule has 0 saturated heterocycles. The molecule has 0 atom stereocenters. The van der Waals surface area contributed by atoms with Crippen LogP contribution in [-0.2, 0) is 6.54 Å². The van der Waals surface area contributed by atoms with Gasteiger partial charge in [0.05, 0.1) is 12.2 Å². The summed E-state index contributed by atoms with van der Waals surface area (Å²) in [5, 5.41) is 2.98. The van der Waals surface area contributed by atoms with Gasteiger partial charge in [-0.25, -0.2) is 18.7 Å². The predicted octanol–water partition coefficient (Wildman–Crippen LogP) is 5.53. The van der Waals surface area contributed by atoms with Gasteiger partial charge in [-0.2, -0.15) is 0 Å². The fraction of sp³-hybridized carbons (Fsp3) is 0.0667. The Bertz CT molecular complexity index is 876. The number of aromatic nitrogens is 2. The molecule has 0 aliphatic rings. The van der Waals surface area contributed by atoms with Crippen LogP contribution in [0.25, 0.3) is 0 Å². The Hall–Kier alpha value is -1.96. The van der Waals surface area contributed by atoms with Gasteiger partial charge in [-0.1, -0.05) is 23.2 Å². The van der Waals surface area contributed by atoms with Gasteiger partial charge in [0.25, 0.3) is 0 Å². The van der Waals surface area contributed by atoms with E-state index in [1.807, 2.05) is 0 Å². The second kappa shape index (κ2) is 7.29. The second-order valence-electron chi connectivity index (χ2n) is 4.61. The van der Waals surface area contributed by atoms with Crippen molar-refractivity contribution < 1.29 is 13.5 Å². The number of nitrogens with zero attached hydrogens (tertiary/aromatic N) is 2. The maximum absolute atomic E-state index is 14.1. The fourth-order valence-electron chi connectivity index (χ4n) is 1.87. The number of halogens is 4. The smallest absolute Gasteiger partial charge is 0.183 e. The molecule has 0 amide bonds. The van der Waals surface area contributed by atoms with Crippen molar-refractivity contribution >= 4 is 40.2 Å². The lowest BCUT2D eigenvalue weighted by molar-refractivity contribution is 0.436. The maximum atomic E-state index is 14.1. The summed E-state index contributed by atoms with van der Waals surface area (Å²) in [5.41, 5.74) is 0.0112. The molecule has 0 aliphatic heterocycles. The van der Waals surface area contributed by atoms with Gasteiger partial charge < -0.3 is 10.1 Å². The molecule has 24 heavy (non-hydrogen) atoms. The van der Waals surface area contributed by atoms with Crippen LogP contribution < -0.4 is 10.1 Å². The Morgan fingerprint density at radius 3 is 2.67 bits per heavy atom. The molecular formula is C15H9Cl2F2N3OS. The zero-order valence-electron chi connectivity index (χ0n) is 11.9. The predicted molar refractivity (Wildman–Crippen MR) is 90.1 cm³/mol. The van der Waals surface area contributed by atoms with Crippen LogP contribution in [0, 0.1) is 11.6 Å². The van der Waals surface area contributed by atoms with Crippen LogP contribution in [0.2, 0.25) is 9.62 Å². The highest BCUT2D eigenvalue weighted by Crippen LogP contribution is 2.30. The van der Waals surface area contributed by atoms with E-state index < -0.39 is 11.6 Å². The number of benzene rings is 1. The van der Waals surface area contributed by atoms with Gasteiger partial charge in [0.2, 0.25) is 0 Å². The molecule has 0 unspecified atom stereocenters. The zero-order chi connectivity index (χ0) is 17.1. The summed E-state index contributed by atoms with van der Waals surface area (Å²) in [4.78, 5) is 8.46. The van der Waals surface area contributed by atoms with E-state index in [0.29, 0.717) is 4.47 Å². The van der Waals surface area contributed by atoms with E-state index in [9.17, 15) is 8.78 Å². The van der Waals surface area contributed by atoms with Gasteiger partial charge in [0, 0.05) is 35.5 Å². The molecule has 0 saturated carbocycles. The van der Waals surface area contributed by atoms with Crippen LogP contribution in [0.1, 0.15) is 4.88 Å². The summed E-state index contributed by atoms with van der Waals surface area (Å²) in [6, 6.07) is 4.88. The van der Waals surface area contributed by atoms with Crippen LogP contribution in [-0.4, -0.2) is 9.97 Å². The van der Waals surface area contributed by atoms with Gasteiger partial charge in [0.15, 0.2) is 16.0 Å². The molecule has 0 aliphatic carbocycles. The lowest BCUT2D eigenvalue weighted by Crippen LogP contribution is -2.01. The topological polar surface area (TPSA) is 47.0 Å². The minimum atomic E-state index is -0.714. The number of thiazole rings is 1. The number of hydrogen-bond donors (Lipinski definition) is 1. The van der Waals surface area contributed by atoms with E-state index in [2.05, 4.69) is 15.3 Å². The first-order chi connectivity index (χ1) is 11.5. The van der Waals surface area contributed by atoms with Crippen molar-refractivity contribution in [3.05, 3.63) is 62.8 Å². The molecule has 3 rings (SSSR count). The summed E-state index contributed by atoms with van der Waals surface area (Å²) in [6.45, 7) is 0.279. The minimum absolute atomic E-state index is 0.0112. The normalized spacial score (nSPS) is 10.7. The average molecular weight is 388 g/mol. The highest BCUT2D eigenvalue weighted by Gasteiger charge is 2.13. The average Bonchev–Trinajstić information content (AvgIpc) is 2.95. The van der Waals surface area contributed by atoms with Crippen LogP contribution in [0.5, 0.6) is 11.5 Å². The van der Waals surface area contributed by atoms with E-state index in [4.69, 9.17) is 27.9 Å². The fourth-order valence-corrected chi connectivity index (χ4v) is 2.95. The number of ether oxygens (including phenoxy) is 1. The van der Waals surface area contributed by atoms with Crippen molar-refractivity contribution in [1.82, 2.24) is 9.97 Å². The monoisotopic (exact) mass is 387 g/mol. The molecule has 2 heterocycles. The molecule has 1 aromatic carbocycles. The van der Waals surface area contributed by atoms with E-state index in [1.54, 1.807) is 6.20 Å². The van der Waals surface area contributed by atoms with E-state index in [-0.39, 0.29) is 28.9 Å². The van der Waals surface area contributed by atoms with Crippen LogP contribution in [0.15, 0.2) is 36.7 Å². The van der Waals surface area contributed by atoms with Crippen LogP contribution >= 0.6 is 34.5 Å². The summed E-state index contributed by atoms with van der Waals surface area (Å²) in [6.07, 6.45) is 2.97. The molecule has 2 aromatic heterocycles. The quantitative estimate of drug-likeness (QED) is 0.584. The first-order valence-corrected chi connectivity index (χ1v) is 8.21. The van der Waals surface area contributed by atoms with Crippen LogP contribution in [0.4, 0.5) is 14.5 Å². The summed E-state index contributed by atoms with van der Waals surface area (Å²) < 4.78 is 34.0. The molecular weight excluding hydrogens is 379 g/mol. The van der Waals surface area contributed by atoms with Crippen molar-refractivity contribution in [3.8, 4) is 11.5 Å². The number of rotatable bonds is 5. The van der Waals surface area contributed by atoms with Gasteiger partial charge >= 0.3 is 0 Å². The molecule has 3 aromatic rings. The Kier molecular flexibility index (Phi) is 5.13. The molecule has 4 nitrogen and oxygen atoms in total. The van der Waals surface area contributed by atoms with Crippen molar-refractivity contribution in [2.75, 3.05) is 5.32 Å². The summed E-state index contributed by atoms with van der Waals surface area (Å²) in [5.74, 6) is -1.36. The van der Waals surface area contributed by atoms with Crippen molar-refractivity contribution in [2.45, 2.75) is 6.54 Å². The largest absolute Gasteiger partial charge is 0.454 e. The third-order valence-electron chi connectivity index (χ3n) is 2.93. The van der Waals surface area contributed by atoms with Crippen molar-refractivity contribution in [3.63, 3.8) is 0 Å². The highest BCUT2D eigenvalue weighted by molar-refractivity contribution is 7.15. The third-order valence-corrected chi connectivity index (χ3v) is 4.25. The van der Waals surface area contributed by atoms with Crippen LogP contribution in [0.3, 0.4) is 0 Å². The van der Waals surface area contributed by atoms with Gasteiger partial charge in [-0.3, -0.25) is 0 Å². The van der Waals surface area contributed by atoms with Crippen molar-refractivity contribution in [1.29, 1.82) is 0 Å². The molecule has 0 fully saturated rings. The second-order valence-corrected chi connectivity index (χ2v) is 6.70. The lowest BCUT2D eigenvalue weighted by Gasteiger charge is -2.11. The first-order valence-electron chi connectivity index (χ1n) is 6.64. The Morgan fingerprint density at radius 2 is 1.96 bits per heavy atom. The van der Waals surface area contributed by atoms with E-state index in [0.717, 1.165) is 17.0 Å². The Balaban J connectivity index is 1.75. The number of anilines is 1. The van der Waals surface area contributed by atoms with E-state index >= 15 is 0 Å². The Labute approximate surface area is 150 Å². The molecule has 124 valence electrons. The lowest BCUT2D eigenvalue weighted by atomic mass is 10.2. The van der Waals surface area contributed by atoms with Gasteiger partial charge in [-0.05, 0) is 6.07 Å². The molecule has 0 spiro atoms.